The zero-order chi connectivity index (χ0) is 20.3. The molecule has 2 aliphatic heterocycles. The van der Waals surface area contributed by atoms with Crippen molar-refractivity contribution in [1.82, 2.24) is 10.2 Å². The monoisotopic (exact) mass is 405 g/mol. The molecule has 0 radical (unpaired) electrons. The highest BCUT2D eigenvalue weighted by Gasteiger charge is 2.24. The maximum Gasteiger partial charge on any atom is 0.193 e. The minimum absolute atomic E-state index is 0.307. The van der Waals surface area contributed by atoms with E-state index in [0.29, 0.717) is 18.8 Å². The van der Waals surface area contributed by atoms with Gasteiger partial charge >= 0.3 is 0 Å². The molecule has 29 heavy (non-hydrogen) atoms. The van der Waals surface area contributed by atoms with Crippen LogP contribution in [0.3, 0.4) is 0 Å². The van der Waals surface area contributed by atoms with Gasteiger partial charge in [0, 0.05) is 39.4 Å². The quantitative estimate of drug-likeness (QED) is 0.387. The zero-order valence-electron chi connectivity index (χ0n) is 17.8. The Morgan fingerprint density at radius 1 is 1.24 bits per heavy atom. The van der Waals surface area contributed by atoms with Crippen molar-refractivity contribution < 1.29 is 18.9 Å². The highest BCUT2D eigenvalue weighted by atomic mass is 16.5. The lowest BCUT2D eigenvalue weighted by molar-refractivity contribution is -0.0367. The van der Waals surface area contributed by atoms with E-state index >= 15 is 0 Å². The fourth-order valence-corrected chi connectivity index (χ4v) is 3.74. The van der Waals surface area contributed by atoms with Gasteiger partial charge in [-0.05, 0) is 44.2 Å². The number of guanidine groups is 1. The Labute approximate surface area is 174 Å². The lowest BCUT2D eigenvalue weighted by atomic mass is 10.1. The second-order valence-electron chi connectivity index (χ2n) is 7.51. The molecule has 0 aromatic heterocycles. The molecule has 2 heterocycles. The predicted octanol–water partition coefficient (Wildman–Crippen LogP) is 2.70. The molecule has 0 saturated carbocycles. The van der Waals surface area contributed by atoms with E-state index in [-0.39, 0.29) is 0 Å². The van der Waals surface area contributed by atoms with Gasteiger partial charge in [-0.1, -0.05) is 6.07 Å². The van der Waals surface area contributed by atoms with Crippen molar-refractivity contribution in [2.24, 2.45) is 4.99 Å². The van der Waals surface area contributed by atoms with E-state index in [9.17, 15) is 0 Å². The smallest absolute Gasteiger partial charge is 0.193 e. The highest BCUT2D eigenvalue weighted by molar-refractivity contribution is 5.79. The SMILES string of the molecule is CN=C(NCCCOc1cccc(OC)c1)N1CCC(OCC2CCCO2)CC1. The Hall–Kier alpha value is -1.99. The standard InChI is InChI=1S/C22H35N3O4/c1-23-22(24-11-5-15-27-20-7-3-6-19(16-20)26-2)25-12-9-18(10-13-25)29-17-21-8-4-14-28-21/h3,6-7,16,18,21H,4-5,8-15,17H2,1-2H3,(H,23,24). The number of hydrogen-bond donors (Lipinski definition) is 1. The summed E-state index contributed by atoms with van der Waals surface area (Å²) in [7, 11) is 3.50. The van der Waals surface area contributed by atoms with Gasteiger partial charge in [0.1, 0.15) is 11.5 Å². The molecule has 2 fully saturated rings. The first-order chi connectivity index (χ1) is 14.3. The third kappa shape index (κ3) is 7.08. The van der Waals surface area contributed by atoms with Gasteiger partial charge in [0.2, 0.25) is 0 Å². The summed E-state index contributed by atoms with van der Waals surface area (Å²) in [6, 6.07) is 7.69. The van der Waals surface area contributed by atoms with Gasteiger partial charge in [-0.3, -0.25) is 4.99 Å². The Bertz CT molecular complexity index is 626. The highest BCUT2D eigenvalue weighted by Crippen LogP contribution is 2.19. The minimum atomic E-state index is 0.307. The number of methoxy groups -OCH3 is 1. The van der Waals surface area contributed by atoms with Crippen LogP contribution in [0.15, 0.2) is 29.3 Å². The summed E-state index contributed by atoms with van der Waals surface area (Å²) >= 11 is 0. The molecule has 1 atom stereocenters. The van der Waals surface area contributed by atoms with Crippen LogP contribution in [-0.2, 0) is 9.47 Å². The van der Waals surface area contributed by atoms with Crippen molar-refractivity contribution in [2.75, 3.05) is 53.6 Å². The molecule has 162 valence electrons. The molecule has 7 nitrogen and oxygen atoms in total. The van der Waals surface area contributed by atoms with Gasteiger partial charge in [-0.2, -0.15) is 0 Å². The fraction of sp³-hybridized carbons (Fsp3) is 0.682. The molecule has 2 aliphatic rings. The lowest BCUT2D eigenvalue weighted by Crippen LogP contribution is -2.47. The molecule has 1 unspecified atom stereocenters. The van der Waals surface area contributed by atoms with Crippen LogP contribution in [0.5, 0.6) is 11.5 Å². The molecule has 0 bridgehead atoms. The molecule has 1 N–H and O–H groups in total. The number of hydrogen-bond acceptors (Lipinski definition) is 5. The summed E-state index contributed by atoms with van der Waals surface area (Å²) in [5.41, 5.74) is 0. The van der Waals surface area contributed by atoms with Crippen LogP contribution in [0, 0.1) is 0 Å². The second-order valence-corrected chi connectivity index (χ2v) is 7.51. The van der Waals surface area contributed by atoms with Gasteiger partial charge < -0.3 is 29.2 Å². The average molecular weight is 406 g/mol. The summed E-state index contributed by atoms with van der Waals surface area (Å²) in [4.78, 5) is 6.75. The first-order valence-corrected chi connectivity index (χ1v) is 10.7. The summed E-state index contributed by atoms with van der Waals surface area (Å²) < 4.78 is 22.7. The molecule has 0 aliphatic carbocycles. The molecule has 2 saturated heterocycles. The third-order valence-corrected chi connectivity index (χ3v) is 5.41. The largest absolute Gasteiger partial charge is 0.497 e. The number of nitrogens with zero attached hydrogens (tertiary/aromatic N) is 2. The van der Waals surface area contributed by atoms with Crippen molar-refractivity contribution in [1.29, 1.82) is 0 Å². The Balaban J connectivity index is 1.29. The topological polar surface area (TPSA) is 64.6 Å². The minimum Gasteiger partial charge on any atom is -0.497 e. The van der Waals surface area contributed by atoms with Crippen molar-refractivity contribution in [2.45, 2.75) is 44.3 Å². The molecule has 1 aromatic carbocycles. The number of piperidine rings is 1. The van der Waals surface area contributed by atoms with Crippen LogP contribution in [0.2, 0.25) is 0 Å². The predicted molar refractivity (Wildman–Crippen MR) is 114 cm³/mol. The third-order valence-electron chi connectivity index (χ3n) is 5.41. The van der Waals surface area contributed by atoms with Crippen LogP contribution in [-0.4, -0.2) is 76.7 Å². The van der Waals surface area contributed by atoms with E-state index < -0.39 is 0 Å². The van der Waals surface area contributed by atoms with Crippen molar-refractivity contribution >= 4 is 5.96 Å². The van der Waals surface area contributed by atoms with Crippen LogP contribution < -0.4 is 14.8 Å². The van der Waals surface area contributed by atoms with Crippen LogP contribution >= 0.6 is 0 Å². The van der Waals surface area contributed by atoms with E-state index in [0.717, 1.165) is 76.0 Å². The first kappa shape index (κ1) is 21.7. The van der Waals surface area contributed by atoms with Crippen LogP contribution in [0.4, 0.5) is 0 Å². The summed E-state index contributed by atoms with van der Waals surface area (Å²) in [5.74, 6) is 2.60. The molecule has 1 aromatic rings. The van der Waals surface area contributed by atoms with Gasteiger partial charge in [-0.15, -0.1) is 0 Å². The van der Waals surface area contributed by atoms with Crippen molar-refractivity contribution in [3.63, 3.8) is 0 Å². The average Bonchev–Trinajstić information content (AvgIpc) is 3.29. The normalized spacial score (nSPS) is 20.7. The molecule has 0 amide bonds. The summed E-state index contributed by atoms with van der Waals surface area (Å²) in [6.07, 6.45) is 5.91. The number of nitrogens with one attached hydrogen (secondary N) is 1. The molecule has 3 rings (SSSR count). The van der Waals surface area contributed by atoms with E-state index in [2.05, 4.69) is 15.2 Å². The van der Waals surface area contributed by atoms with E-state index in [1.807, 2.05) is 31.3 Å². The lowest BCUT2D eigenvalue weighted by Gasteiger charge is -2.34. The molecule has 0 spiro atoms. The Kier molecular flexibility index (Phi) is 8.89. The zero-order valence-corrected chi connectivity index (χ0v) is 17.8. The second kappa shape index (κ2) is 11.9. The molecule has 7 heteroatoms. The molecular weight excluding hydrogens is 370 g/mol. The number of ether oxygens (including phenoxy) is 4. The number of aliphatic imine (C=N–C) groups is 1. The van der Waals surface area contributed by atoms with Crippen molar-refractivity contribution in [3.05, 3.63) is 24.3 Å². The number of benzene rings is 1. The van der Waals surface area contributed by atoms with Crippen molar-refractivity contribution in [3.8, 4) is 11.5 Å². The van der Waals surface area contributed by atoms with E-state index in [1.165, 1.54) is 6.42 Å². The maximum atomic E-state index is 6.06. The van der Waals surface area contributed by atoms with Gasteiger partial charge in [0.25, 0.3) is 0 Å². The van der Waals surface area contributed by atoms with Crippen LogP contribution in [0.25, 0.3) is 0 Å². The van der Waals surface area contributed by atoms with Gasteiger partial charge in [0.05, 0.1) is 32.5 Å². The number of rotatable bonds is 9. The maximum absolute atomic E-state index is 6.06. The Morgan fingerprint density at radius 3 is 2.79 bits per heavy atom. The van der Waals surface area contributed by atoms with Crippen LogP contribution in [0.1, 0.15) is 32.1 Å². The summed E-state index contributed by atoms with van der Waals surface area (Å²) in [6.45, 7) is 5.04. The molecular formula is C22H35N3O4. The first-order valence-electron chi connectivity index (χ1n) is 10.7. The number of likely N-dealkylation sites (tertiary alicyclic amines) is 1. The fourth-order valence-electron chi connectivity index (χ4n) is 3.74. The van der Waals surface area contributed by atoms with E-state index in [1.54, 1.807) is 7.11 Å². The van der Waals surface area contributed by atoms with E-state index in [4.69, 9.17) is 18.9 Å². The summed E-state index contributed by atoms with van der Waals surface area (Å²) in [5, 5.41) is 3.45. The van der Waals surface area contributed by atoms with Gasteiger partial charge in [0.15, 0.2) is 5.96 Å². The Morgan fingerprint density at radius 2 is 2.07 bits per heavy atom. The van der Waals surface area contributed by atoms with Gasteiger partial charge in [-0.25, -0.2) is 0 Å².